The van der Waals surface area contributed by atoms with Crippen molar-refractivity contribution in [1.82, 2.24) is 4.31 Å². The minimum absolute atomic E-state index is 0.174. The second-order valence-corrected chi connectivity index (χ2v) is 9.76. The van der Waals surface area contributed by atoms with Crippen LogP contribution in [0, 0.1) is 18.7 Å². The van der Waals surface area contributed by atoms with Crippen LogP contribution in [0.5, 0.6) is 0 Å². The van der Waals surface area contributed by atoms with E-state index in [1.807, 2.05) is 0 Å². The third-order valence-electron chi connectivity index (χ3n) is 5.48. The van der Waals surface area contributed by atoms with Crippen LogP contribution in [0.3, 0.4) is 0 Å². The van der Waals surface area contributed by atoms with Gasteiger partial charge in [0, 0.05) is 24.7 Å². The molecule has 1 aliphatic heterocycles. The molecule has 1 heterocycles. The summed E-state index contributed by atoms with van der Waals surface area (Å²) in [5, 5.41) is 2.88. The van der Waals surface area contributed by atoms with Gasteiger partial charge in [-0.2, -0.15) is 0 Å². The highest BCUT2D eigenvalue weighted by Crippen LogP contribution is 2.24. The lowest BCUT2D eigenvalue weighted by molar-refractivity contribution is -0.120. The first-order chi connectivity index (χ1) is 15.2. The molecule has 1 N–H and O–H groups in total. The number of anilines is 1. The first-order valence-electron chi connectivity index (χ1n) is 10.5. The molecule has 7 nitrogen and oxygen atoms in total. The minimum Gasteiger partial charge on any atom is -0.462 e. The molecule has 1 fully saturated rings. The zero-order chi connectivity index (χ0) is 23.3. The smallest absolute Gasteiger partial charge is 0.338 e. The van der Waals surface area contributed by atoms with Crippen molar-refractivity contribution in [3.63, 3.8) is 0 Å². The monoisotopic (exact) mass is 462 g/mol. The lowest BCUT2D eigenvalue weighted by atomic mass is 9.97. The van der Waals surface area contributed by atoms with E-state index in [0.29, 0.717) is 29.7 Å². The average Bonchev–Trinajstić information content (AvgIpc) is 2.77. The lowest BCUT2D eigenvalue weighted by Gasteiger charge is -2.30. The number of esters is 1. The number of benzene rings is 2. The molecule has 9 heteroatoms. The number of ether oxygens (including phenoxy) is 1. The molecular weight excluding hydrogens is 435 g/mol. The summed E-state index contributed by atoms with van der Waals surface area (Å²) in [5.74, 6) is -1.51. The van der Waals surface area contributed by atoms with E-state index in [1.165, 1.54) is 28.6 Å². The standard InChI is InChI=1S/C23H27FN2O5S/c1-3-31-23(28)19-6-9-21(16(2)14-19)25-22(27)18-10-12-26(13-11-18)32(29,30)15-17-4-7-20(24)8-5-17/h4-9,14,18H,3,10-13,15H2,1-2H3,(H,25,27). The van der Waals surface area contributed by atoms with Gasteiger partial charge >= 0.3 is 5.97 Å². The number of aryl methyl sites for hydroxylation is 1. The first kappa shape index (κ1) is 23.9. The first-order valence-corrected chi connectivity index (χ1v) is 12.1. The number of amides is 1. The van der Waals surface area contributed by atoms with Gasteiger partial charge in [-0.25, -0.2) is 21.9 Å². The zero-order valence-corrected chi connectivity index (χ0v) is 19.0. The largest absolute Gasteiger partial charge is 0.462 e. The van der Waals surface area contributed by atoms with Crippen LogP contribution in [0.1, 0.15) is 41.3 Å². The summed E-state index contributed by atoms with van der Waals surface area (Å²) >= 11 is 0. The van der Waals surface area contributed by atoms with Gasteiger partial charge < -0.3 is 10.1 Å². The maximum atomic E-state index is 13.0. The Morgan fingerprint density at radius 1 is 1.12 bits per heavy atom. The maximum absolute atomic E-state index is 13.0. The molecule has 0 radical (unpaired) electrons. The molecule has 0 spiro atoms. The summed E-state index contributed by atoms with van der Waals surface area (Å²) in [5.41, 5.74) is 2.28. The summed E-state index contributed by atoms with van der Waals surface area (Å²) in [4.78, 5) is 24.6. The Morgan fingerprint density at radius 2 is 1.78 bits per heavy atom. The van der Waals surface area contributed by atoms with Crippen molar-refractivity contribution in [3.05, 3.63) is 65.0 Å². The van der Waals surface area contributed by atoms with Crippen molar-refractivity contribution >= 4 is 27.6 Å². The summed E-state index contributed by atoms with van der Waals surface area (Å²) in [7, 11) is -3.55. The highest BCUT2D eigenvalue weighted by atomic mass is 32.2. The van der Waals surface area contributed by atoms with Crippen LogP contribution in [0.25, 0.3) is 0 Å². The van der Waals surface area contributed by atoms with Gasteiger partial charge in [0.2, 0.25) is 15.9 Å². The lowest BCUT2D eigenvalue weighted by Crippen LogP contribution is -2.41. The van der Waals surface area contributed by atoms with E-state index in [2.05, 4.69) is 5.32 Å². The maximum Gasteiger partial charge on any atom is 0.338 e. The van der Waals surface area contributed by atoms with Crippen LogP contribution in [0.15, 0.2) is 42.5 Å². The van der Waals surface area contributed by atoms with Crippen LogP contribution < -0.4 is 5.32 Å². The normalized spacial score (nSPS) is 15.3. The van der Waals surface area contributed by atoms with Gasteiger partial charge in [-0.05, 0) is 68.1 Å². The fourth-order valence-electron chi connectivity index (χ4n) is 3.66. The van der Waals surface area contributed by atoms with Gasteiger partial charge in [-0.1, -0.05) is 12.1 Å². The quantitative estimate of drug-likeness (QED) is 0.636. The molecule has 1 aliphatic rings. The minimum atomic E-state index is -3.55. The molecule has 2 aromatic carbocycles. The Labute approximate surface area is 187 Å². The van der Waals surface area contributed by atoms with Gasteiger partial charge in [0.25, 0.3) is 0 Å². The number of nitrogens with one attached hydrogen (secondary N) is 1. The molecule has 0 unspecified atom stereocenters. The SMILES string of the molecule is CCOC(=O)c1ccc(NC(=O)C2CCN(S(=O)(=O)Cc3ccc(F)cc3)CC2)c(C)c1. The van der Waals surface area contributed by atoms with Gasteiger partial charge in [-0.3, -0.25) is 4.79 Å². The Morgan fingerprint density at radius 3 is 2.38 bits per heavy atom. The molecule has 172 valence electrons. The average molecular weight is 463 g/mol. The van der Waals surface area contributed by atoms with E-state index in [0.717, 1.165) is 5.56 Å². The molecule has 3 rings (SSSR count). The van der Waals surface area contributed by atoms with Crippen LogP contribution in [0.2, 0.25) is 0 Å². The highest BCUT2D eigenvalue weighted by Gasteiger charge is 2.31. The molecule has 0 saturated carbocycles. The summed E-state index contributed by atoms with van der Waals surface area (Å²) in [6, 6.07) is 10.3. The van der Waals surface area contributed by atoms with Crippen molar-refractivity contribution in [2.45, 2.75) is 32.4 Å². The number of hydrogen-bond acceptors (Lipinski definition) is 5. The molecule has 0 atom stereocenters. The third-order valence-corrected chi connectivity index (χ3v) is 7.33. The predicted octanol–water partition coefficient (Wildman–Crippen LogP) is 3.49. The van der Waals surface area contributed by atoms with Gasteiger partial charge in [0.05, 0.1) is 17.9 Å². The number of carbonyl (C=O) groups excluding carboxylic acids is 2. The molecule has 0 bridgehead atoms. The van der Waals surface area contributed by atoms with Crippen molar-refractivity contribution in [2.75, 3.05) is 25.0 Å². The Kier molecular flexibility index (Phi) is 7.63. The topological polar surface area (TPSA) is 92.8 Å². The molecule has 32 heavy (non-hydrogen) atoms. The number of carbonyl (C=O) groups is 2. The number of sulfonamides is 1. The van der Waals surface area contributed by atoms with Crippen LogP contribution in [-0.2, 0) is 25.3 Å². The highest BCUT2D eigenvalue weighted by molar-refractivity contribution is 7.88. The van der Waals surface area contributed by atoms with E-state index >= 15 is 0 Å². The summed E-state index contributed by atoms with van der Waals surface area (Å²) in [6.07, 6.45) is 0.822. The second-order valence-electron chi connectivity index (χ2n) is 7.80. The zero-order valence-electron chi connectivity index (χ0n) is 18.1. The Hall–Kier alpha value is -2.78. The fraction of sp³-hybridized carbons (Fsp3) is 0.391. The van der Waals surface area contributed by atoms with E-state index in [-0.39, 0.29) is 37.3 Å². The number of nitrogens with zero attached hydrogens (tertiary/aromatic N) is 1. The number of rotatable bonds is 7. The molecular formula is C23H27FN2O5S. The van der Waals surface area contributed by atoms with Crippen LogP contribution >= 0.6 is 0 Å². The number of halogens is 1. The molecule has 1 amide bonds. The summed E-state index contributed by atoms with van der Waals surface area (Å²) < 4.78 is 44.8. The van der Waals surface area contributed by atoms with Gasteiger partial charge in [0.1, 0.15) is 5.82 Å². The predicted molar refractivity (Wildman–Crippen MR) is 119 cm³/mol. The van der Waals surface area contributed by atoms with E-state index in [1.54, 1.807) is 32.0 Å². The Bertz CT molecular complexity index is 1080. The van der Waals surface area contributed by atoms with Crippen LogP contribution in [-0.4, -0.2) is 44.3 Å². The summed E-state index contributed by atoms with van der Waals surface area (Å²) in [6.45, 7) is 4.32. The van der Waals surface area contributed by atoms with Gasteiger partial charge in [-0.15, -0.1) is 0 Å². The molecule has 1 saturated heterocycles. The third kappa shape index (κ3) is 5.92. The number of piperidine rings is 1. The van der Waals surface area contributed by atoms with E-state index < -0.39 is 21.8 Å². The van der Waals surface area contributed by atoms with Crippen molar-refractivity contribution < 1.29 is 27.1 Å². The molecule has 0 aromatic heterocycles. The second kappa shape index (κ2) is 10.2. The van der Waals surface area contributed by atoms with Crippen molar-refractivity contribution in [3.8, 4) is 0 Å². The van der Waals surface area contributed by atoms with Gasteiger partial charge in [0.15, 0.2) is 0 Å². The molecule has 2 aromatic rings. The van der Waals surface area contributed by atoms with E-state index in [4.69, 9.17) is 4.74 Å². The van der Waals surface area contributed by atoms with Crippen LogP contribution in [0.4, 0.5) is 10.1 Å². The number of hydrogen-bond donors (Lipinski definition) is 1. The van der Waals surface area contributed by atoms with E-state index in [9.17, 15) is 22.4 Å². The van der Waals surface area contributed by atoms with Crippen molar-refractivity contribution in [2.24, 2.45) is 5.92 Å². The fourth-order valence-corrected chi connectivity index (χ4v) is 5.22. The molecule has 0 aliphatic carbocycles. The Balaban J connectivity index is 1.56. The van der Waals surface area contributed by atoms with Crippen molar-refractivity contribution in [1.29, 1.82) is 0 Å².